The summed E-state index contributed by atoms with van der Waals surface area (Å²) in [5.74, 6) is 0.0487. The Balaban J connectivity index is 1.89. The van der Waals surface area contributed by atoms with Gasteiger partial charge in [-0.3, -0.25) is 14.4 Å². The van der Waals surface area contributed by atoms with Crippen LogP contribution in [0.5, 0.6) is 5.75 Å². The van der Waals surface area contributed by atoms with E-state index in [9.17, 15) is 19.5 Å². The van der Waals surface area contributed by atoms with Crippen molar-refractivity contribution in [2.45, 2.75) is 84.4 Å². The maximum absolute atomic E-state index is 13.1. The van der Waals surface area contributed by atoms with E-state index in [0.29, 0.717) is 56.9 Å². The number of nitrogens with one attached hydrogen (secondary N) is 3. The Kier molecular flexibility index (Phi) is 15.1. The van der Waals surface area contributed by atoms with Crippen LogP contribution in [0.3, 0.4) is 0 Å². The Labute approximate surface area is 245 Å². The number of carbonyl (C=O) groups excluding carboxylic acids is 3. The number of benzene rings is 1. The van der Waals surface area contributed by atoms with Gasteiger partial charge < -0.3 is 36.3 Å². The van der Waals surface area contributed by atoms with Gasteiger partial charge in [0.1, 0.15) is 5.75 Å². The van der Waals surface area contributed by atoms with Crippen LogP contribution in [0.4, 0.5) is 0 Å². The Morgan fingerprint density at radius 1 is 1.07 bits per heavy atom. The molecule has 1 aromatic rings. The Hall–Kier alpha value is -2.69. The van der Waals surface area contributed by atoms with Crippen molar-refractivity contribution in [3.63, 3.8) is 0 Å². The Bertz CT molecular complexity index is 956. The van der Waals surface area contributed by atoms with Crippen LogP contribution >= 0.6 is 0 Å². The number of hydrogen-bond acceptors (Lipinski definition) is 7. The molecule has 3 amide bonds. The number of nitrogens with two attached hydrogens (primary N) is 1. The van der Waals surface area contributed by atoms with Gasteiger partial charge in [0.25, 0.3) is 5.91 Å². The Morgan fingerprint density at radius 3 is 2.41 bits per heavy atom. The highest BCUT2D eigenvalue weighted by atomic mass is 16.5. The smallest absolute Gasteiger partial charge is 0.255 e. The molecule has 6 N–H and O–H groups in total. The highest BCUT2D eigenvalue weighted by molar-refractivity contribution is 5.96. The lowest BCUT2D eigenvalue weighted by molar-refractivity contribution is -0.128. The van der Waals surface area contributed by atoms with E-state index in [1.54, 1.807) is 19.2 Å². The third-order valence-corrected chi connectivity index (χ3v) is 7.91. The summed E-state index contributed by atoms with van der Waals surface area (Å²) in [6.45, 7) is 10.00. The number of amides is 3. The third-order valence-electron chi connectivity index (χ3n) is 7.91. The summed E-state index contributed by atoms with van der Waals surface area (Å²) in [5.41, 5.74) is 6.93. The molecule has 1 aliphatic heterocycles. The van der Waals surface area contributed by atoms with Crippen LogP contribution in [-0.4, -0.2) is 74.4 Å². The zero-order valence-corrected chi connectivity index (χ0v) is 25.5. The first-order valence-electron chi connectivity index (χ1n) is 15.0. The molecule has 232 valence electrons. The minimum Gasteiger partial charge on any atom is -0.493 e. The van der Waals surface area contributed by atoms with E-state index in [2.05, 4.69) is 29.8 Å². The largest absolute Gasteiger partial charge is 0.493 e. The summed E-state index contributed by atoms with van der Waals surface area (Å²) in [4.78, 5) is 37.4. The molecule has 10 heteroatoms. The van der Waals surface area contributed by atoms with Crippen molar-refractivity contribution in [2.24, 2.45) is 29.4 Å². The lowest BCUT2D eigenvalue weighted by Crippen LogP contribution is -2.45. The molecule has 41 heavy (non-hydrogen) atoms. The first-order chi connectivity index (χ1) is 19.5. The second-order valence-electron chi connectivity index (χ2n) is 11.9. The molecule has 0 radical (unpaired) electrons. The molecule has 2 rings (SSSR count). The maximum Gasteiger partial charge on any atom is 0.255 e. The second kappa shape index (κ2) is 18.0. The van der Waals surface area contributed by atoms with Gasteiger partial charge in [-0.05, 0) is 62.0 Å². The van der Waals surface area contributed by atoms with Gasteiger partial charge in [0.05, 0.1) is 18.3 Å². The number of carbonyl (C=O) groups is 3. The predicted octanol–water partition coefficient (Wildman–Crippen LogP) is 2.63. The molecule has 0 aromatic heterocycles. The number of ether oxygens (including phenoxy) is 2. The zero-order valence-electron chi connectivity index (χ0n) is 25.5. The average molecular weight is 577 g/mol. The summed E-state index contributed by atoms with van der Waals surface area (Å²) in [7, 11) is 1.67. The van der Waals surface area contributed by atoms with Gasteiger partial charge in [-0.1, -0.05) is 39.8 Å². The minimum absolute atomic E-state index is 0.00761. The second-order valence-corrected chi connectivity index (χ2v) is 11.9. The van der Waals surface area contributed by atoms with Crippen LogP contribution in [0.25, 0.3) is 0 Å². The highest BCUT2D eigenvalue weighted by Crippen LogP contribution is 2.24. The predicted molar refractivity (Wildman–Crippen MR) is 159 cm³/mol. The van der Waals surface area contributed by atoms with Gasteiger partial charge in [0.2, 0.25) is 11.8 Å². The number of hydrogen-bond donors (Lipinski definition) is 5. The van der Waals surface area contributed by atoms with Crippen LogP contribution in [0, 0.1) is 23.7 Å². The van der Waals surface area contributed by atoms with Crippen LogP contribution in [0.1, 0.15) is 76.6 Å². The van der Waals surface area contributed by atoms with E-state index in [0.717, 1.165) is 12.8 Å². The molecule has 0 bridgehead atoms. The summed E-state index contributed by atoms with van der Waals surface area (Å²) in [6.07, 6.45) is 2.77. The van der Waals surface area contributed by atoms with Crippen LogP contribution < -0.4 is 26.4 Å². The molecule has 1 aromatic carbocycles. The molecule has 1 saturated heterocycles. The minimum atomic E-state index is -0.872. The van der Waals surface area contributed by atoms with Crippen LogP contribution in [0.15, 0.2) is 24.3 Å². The van der Waals surface area contributed by atoms with Gasteiger partial charge in [0.15, 0.2) is 0 Å². The van der Waals surface area contributed by atoms with E-state index in [-0.39, 0.29) is 47.9 Å². The fraction of sp³-hybridized carbons (Fsp3) is 0.710. The molecular formula is C31H52N4O6. The average Bonchev–Trinajstić information content (AvgIpc) is 3.36. The highest BCUT2D eigenvalue weighted by Gasteiger charge is 2.31. The number of unbranched alkanes of at least 4 members (excludes halogenated alkanes) is 1. The van der Waals surface area contributed by atoms with Gasteiger partial charge in [-0.15, -0.1) is 0 Å². The van der Waals surface area contributed by atoms with E-state index in [1.165, 1.54) is 0 Å². The number of aliphatic hydroxyl groups is 1. The summed E-state index contributed by atoms with van der Waals surface area (Å²) >= 11 is 0. The van der Waals surface area contributed by atoms with Crippen molar-refractivity contribution in [3.8, 4) is 5.75 Å². The molecule has 10 nitrogen and oxygen atoms in total. The van der Waals surface area contributed by atoms with Crippen molar-refractivity contribution in [2.75, 3.05) is 33.4 Å². The summed E-state index contributed by atoms with van der Waals surface area (Å²) in [6, 6.07) is 6.60. The zero-order chi connectivity index (χ0) is 30.4. The van der Waals surface area contributed by atoms with Gasteiger partial charge >= 0.3 is 0 Å². The molecule has 0 spiro atoms. The Morgan fingerprint density at radius 2 is 1.78 bits per heavy atom. The molecule has 1 aliphatic rings. The van der Waals surface area contributed by atoms with E-state index < -0.39 is 18.1 Å². The SMILES string of the molecule is COCCCCOc1ccccc1C(=O)NC[C@H](C[C@H](N)[C@@H](O)C[C@@H](C(=O)NCC1CCC(=O)N1)C(C)C)C(C)C. The molecule has 1 fully saturated rings. The third kappa shape index (κ3) is 12.0. The van der Waals surface area contributed by atoms with Gasteiger partial charge in [0, 0.05) is 51.2 Å². The van der Waals surface area contributed by atoms with Crippen molar-refractivity contribution in [1.29, 1.82) is 0 Å². The summed E-state index contributed by atoms with van der Waals surface area (Å²) in [5, 5.41) is 19.8. The monoisotopic (exact) mass is 576 g/mol. The van der Waals surface area contributed by atoms with E-state index in [4.69, 9.17) is 15.2 Å². The molecule has 1 heterocycles. The lowest BCUT2D eigenvalue weighted by atomic mass is 9.83. The number of para-hydroxylation sites is 1. The molecule has 1 unspecified atom stereocenters. The first kappa shape index (κ1) is 34.5. The van der Waals surface area contributed by atoms with Crippen LogP contribution in [-0.2, 0) is 14.3 Å². The molecule has 5 atom stereocenters. The van der Waals surface area contributed by atoms with E-state index in [1.807, 2.05) is 26.0 Å². The first-order valence-corrected chi connectivity index (χ1v) is 15.0. The fourth-order valence-corrected chi connectivity index (χ4v) is 5.03. The van der Waals surface area contributed by atoms with Gasteiger partial charge in [-0.2, -0.15) is 0 Å². The lowest BCUT2D eigenvalue weighted by Gasteiger charge is -2.30. The van der Waals surface area contributed by atoms with E-state index >= 15 is 0 Å². The fourth-order valence-electron chi connectivity index (χ4n) is 5.03. The topological polar surface area (TPSA) is 152 Å². The molecule has 0 saturated carbocycles. The van der Waals surface area contributed by atoms with Crippen molar-refractivity contribution in [3.05, 3.63) is 29.8 Å². The van der Waals surface area contributed by atoms with Crippen LogP contribution in [0.2, 0.25) is 0 Å². The number of methoxy groups -OCH3 is 1. The molecular weight excluding hydrogens is 524 g/mol. The van der Waals surface area contributed by atoms with Crippen molar-refractivity contribution in [1.82, 2.24) is 16.0 Å². The summed E-state index contributed by atoms with van der Waals surface area (Å²) < 4.78 is 10.9. The number of aliphatic hydroxyl groups excluding tert-OH is 1. The van der Waals surface area contributed by atoms with Crippen molar-refractivity contribution < 1.29 is 29.0 Å². The normalized spacial score (nSPS) is 18.1. The van der Waals surface area contributed by atoms with Gasteiger partial charge in [-0.25, -0.2) is 0 Å². The quantitative estimate of drug-likeness (QED) is 0.159. The molecule has 0 aliphatic carbocycles. The van der Waals surface area contributed by atoms with Crippen molar-refractivity contribution >= 4 is 17.7 Å². The standard InChI is InChI=1S/C31H52N4O6/c1-20(2)22(18-33-30(38)24-10-6-7-11-28(24)41-15-9-8-14-40-5)16-26(32)27(36)17-25(21(3)4)31(39)34-19-23-12-13-29(37)35-23/h6-7,10-11,20-23,25-27,36H,8-9,12-19,32H2,1-5H3,(H,33,38)(H,34,39)(H,35,37)/t22-,23?,25+,26-,27-/m0/s1. The number of rotatable bonds is 19. The maximum atomic E-state index is 13.1.